The van der Waals surface area contributed by atoms with E-state index >= 15 is 0 Å². The minimum atomic E-state index is -0.821. The molecule has 23 heavy (non-hydrogen) atoms. The number of nitrogens with one attached hydrogen (secondary N) is 1. The lowest BCUT2D eigenvalue weighted by Crippen LogP contribution is -2.25. The quantitative estimate of drug-likeness (QED) is 0.371. The number of nitrogens with zero attached hydrogens (tertiary/aromatic N) is 1. The van der Waals surface area contributed by atoms with Crippen LogP contribution in [0.4, 0.5) is 10.5 Å². The molecule has 0 atom stereocenters. The molecule has 2 aromatic carbocycles. The number of hydrogen-bond donors (Lipinski definition) is 3. The zero-order valence-electron chi connectivity index (χ0n) is 11.9. The van der Waals surface area contributed by atoms with Gasteiger partial charge < -0.3 is 11.5 Å². The summed E-state index contributed by atoms with van der Waals surface area (Å²) in [7, 11) is 0. The Morgan fingerprint density at radius 1 is 1.00 bits per heavy atom. The number of amides is 2. The van der Waals surface area contributed by atoms with Crippen LogP contribution in [0, 0.1) is 0 Å². The van der Waals surface area contributed by atoms with Crippen molar-refractivity contribution in [2.75, 3.05) is 5.73 Å². The van der Waals surface area contributed by atoms with Gasteiger partial charge in [-0.25, -0.2) is 10.2 Å². The van der Waals surface area contributed by atoms with Gasteiger partial charge in [0.05, 0.1) is 17.5 Å². The predicted octanol–water partition coefficient (Wildman–Crippen LogP) is 1.05. The van der Waals surface area contributed by atoms with Crippen molar-refractivity contribution < 1.29 is 14.4 Å². The van der Waals surface area contributed by atoms with E-state index in [2.05, 4.69) is 5.10 Å². The Balaban J connectivity index is 2.11. The molecule has 0 radical (unpaired) electrons. The third-order valence-corrected chi connectivity index (χ3v) is 3.55. The molecule has 0 fully saturated rings. The highest BCUT2D eigenvalue weighted by molar-refractivity contribution is 6.30. The maximum atomic E-state index is 12.6. The Labute approximate surface area is 131 Å². The number of urea groups is 1. The van der Waals surface area contributed by atoms with E-state index in [1.807, 2.05) is 5.43 Å². The third-order valence-electron chi connectivity index (χ3n) is 3.55. The van der Waals surface area contributed by atoms with Gasteiger partial charge in [-0.1, -0.05) is 30.3 Å². The smallest absolute Gasteiger partial charge is 0.332 e. The van der Waals surface area contributed by atoms with E-state index in [4.69, 9.17) is 11.5 Å². The highest BCUT2D eigenvalue weighted by Crippen LogP contribution is 2.32. The first kappa shape index (κ1) is 14.5. The van der Waals surface area contributed by atoms with Crippen molar-refractivity contribution in [3.8, 4) is 0 Å². The molecule has 2 amide bonds. The molecular weight excluding hydrogens is 296 g/mol. The second kappa shape index (κ2) is 5.38. The largest absolute Gasteiger partial charge is 0.398 e. The standard InChI is InChI=1S/C16H12N4O3/c17-13-8(7-19-20-16(18)23)5-6-11-12(13)15(22)10-4-2-1-3-9(10)14(11)21/h1-7H,17H2,(H3,18,20,23)/b19-7-. The molecule has 0 bridgehead atoms. The molecule has 5 N–H and O–H groups in total. The molecule has 0 unspecified atom stereocenters. The van der Waals surface area contributed by atoms with Crippen LogP contribution in [0.15, 0.2) is 41.5 Å². The topological polar surface area (TPSA) is 128 Å². The van der Waals surface area contributed by atoms with Crippen molar-refractivity contribution in [2.24, 2.45) is 10.8 Å². The molecule has 0 saturated carbocycles. The minimum Gasteiger partial charge on any atom is -0.398 e. The zero-order valence-corrected chi connectivity index (χ0v) is 11.9. The van der Waals surface area contributed by atoms with Crippen molar-refractivity contribution >= 4 is 29.5 Å². The fourth-order valence-electron chi connectivity index (χ4n) is 2.51. The van der Waals surface area contributed by atoms with Gasteiger partial charge in [-0.3, -0.25) is 9.59 Å². The number of nitrogen functional groups attached to an aromatic ring is 1. The van der Waals surface area contributed by atoms with Gasteiger partial charge in [-0.05, 0) is 6.07 Å². The van der Waals surface area contributed by atoms with Crippen molar-refractivity contribution in [2.45, 2.75) is 0 Å². The number of ketones is 2. The van der Waals surface area contributed by atoms with Gasteiger partial charge in [0, 0.05) is 22.3 Å². The number of nitrogens with two attached hydrogens (primary N) is 2. The number of anilines is 1. The number of fused-ring (bicyclic) bond motifs is 2. The highest BCUT2D eigenvalue weighted by Gasteiger charge is 2.31. The number of rotatable bonds is 2. The lowest BCUT2D eigenvalue weighted by molar-refractivity contribution is 0.0979. The Morgan fingerprint density at radius 3 is 2.30 bits per heavy atom. The molecular formula is C16H12N4O3. The van der Waals surface area contributed by atoms with Crippen molar-refractivity contribution in [3.63, 3.8) is 0 Å². The second-order valence-electron chi connectivity index (χ2n) is 4.93. The predicted molar refractivity (Wildman–Crippen MR) is 84.5 cm³/mol. The van der Waals surface area contributed by atoms with Crippen LogP contribution in [0.2, 0.25) is 0 Å². The van der Waals surface area contributed by atoms with E-state index in [-0.39, 0.29) is 28.4 Å². The van der Waals surface area contributed by atoms with Crippen LogP contribution >= 0.6 is 0 Å². The molecule has 0 heterocycles. The van der Waals surface area contributed by atoms with E-state index in [1.165, 1.54) is 12.3 Å². The number of hydrazone groups is 1. The molecule has 0 aromatic heterocycles. The molecule has 7 heteroatoms. The lowest BCUT2D eigenvalue weighted by atomic mass is 9.82. The Hall–Kier alpha value is -3.48. The number of primary amides is 1. The van der Waals surface area contributed by atoms with Crippen LogP contribution in [0.5, 0.6) is 0 Å². The van der Waals surface area contributed by atoms with Gasteiger partial charge in [-0.15, -0.1) is 0 Å². The molecule has 2 aromatic rings. The molecule has 7 nitrogen and oxygen atoms in total. The molecule has 114 valence electrons. The van der Waals surface area contributed by atoms with Gasteiger partial charge in [0.25, 0.3) is 0 Å². The van der Waals surface area contributed by atoms with Gasteiger partial charge >= 0.3 is 6.03 Å². The minimum absolute atomic E-state index is 0.130. The molecule has 1 aliphatic rings. The molecule has 0 spiro atoms. The summed E-state index contributed by atoms with van der Waals surface area (Å²) in [5, 5.41) is 3.61. The van der Waals surface area contributed by atoms with E-state index in [0.717, 1.165) is 0 Å². The average molecular weight is 308 g/mol. The summed E-state index contributed by atoms with van der Waals surface area (Å²) in [4.78, 5) is 35.8. The van der Waals surface area contributed by atoms with Gasteiger partial charge in [-0.2, -0.15) is 5.10 Å². The van der Waals surface area contributed by atoms with Crippen LogP contribution in [0.3, 0.4) is 0 Å². The Morgan fingerprint density at radius 2 is 1.65 bits per heavy atom. The summed E-state index contributed by atoms with van der Waals surface area (Å²) in [6, 6.07) is 8.85. The van der Waals surface area contributed by atoms with E-state index in [0.29, 0.717) is 16.7 Å². The van der Waals surface area contributed by atoms with Crippen LogP contribution in [-0.2, 0) is 0 Å². The summed E-state index contributed by atoms with van der Waals surface area (Å²) in [6.45, 7) is 0. The first-order valence-corrected chi connectivity index (χ1v) is 6.70. The summed E-state index contributed by atoms with van der Waals surface area (Å²) in [5.41, 5.74) is 14.6. The summed E-state index contributed by atoms with van der Waals surface area (Å²) in [6.07, 6.45) is 1.26. The van der Waals surface area contributed by atoms with E-state index < -0.39 is 6.03 Å². The van der Waals surface area contributed by atoms with Gasteiger partial charge in [0.2, 0.25) is 0 Å². The van der Waals surface area contributed by atoms with Gasteiger partial charge in [0.1, 0.15) is 0 Å². The normalized spacial score (nSPS) is 12.9. The van der Waals surface area contributed by atoms with Gasteiger partial charge in [0.15, 0.2) is 11.6 Å². The molecule has 1 aliphatic carbocycles. The second-order valence-corrected chi connectivity index (χ2v) is 4.93. The monoisotopic (exact) mass is 308 g/mol. The lowest BCUT2D eigenvalue weighted by Gasteiger charge is -2.19. The average Bonchev–Trinajstić information content (AvgIpc) is 2.53. The summed E-state index contributed by atoms with van der Waals surface area (Å²) >= 11 is 0. The third kappa shape index (κ3) is 2.34. The van der Waals surface area contributed by atoms with Crippen molar-refractivity contribution in [1.29, 1.82) is 0 Å². The fraction of sp³-hybridized carbons (Fsp3) is 0. The van der Waals surface area contributed by atoms with Crippen LogP contribution in [0.1, 0.15) is 37.4 Å². The van der Waals surface area contributed by atoms with Crippen LogP contribution in [-0.4, -0.2) is 23.8 Å². The summed E-state index contributed by atoms with van der Waals surface area (Å²) in [5.74, 6) is -0.563. The van der Waals surface area contributed by atoms with Crippen molar-refractivity contribution in [3.05, 3.63) is 64.2 Å². The maximum absolute atomic E-state index is 12.6. The van der Waals surface area contributed by atoms with E-state index in [9.17, 15) is 14.4 Å². The van der Waals surface area contributed by atoms with Crippen molar-refractivity contribution in [1.82, 2.24) is 5.43 Å². The number of carbonyl (C=O) groups excluding carboxylic acids is 3. The first-order chi connectivity index (χ1) is 11.0. The first-order valence-electron chi connectivity index (χ1n) is 6.70. The zero-order chi connectivity index (χ0) is 16.6. The van der Waals surface area contributed by atoms with E-state index in [1.54, 1.807) is 30.3 Å². The molecule has 3 rings (SSSR count). The summed E-state index contributed by atoms with van der Waals surface area (Å²) < 4.78 is 0. The SMILES string of the molecule is NC(=O)N/N=C\c1ccc2c(c1N)C(=O)c1ccccc1C2=O. The Bertz CT molecular complexity index is 887. The van der Waals surface area contributed by atoms with Crippen LogP contribution in [0.25, 0.3) is 0 Å². The van der Waals surface area contributed by atoms with Crippen LogP contribution < -0.4 is 16.9 Å². The molecule has 0 aliphatic heterocycles. The Kier molecular flexibility index (Phi) is 3.38. The number of hydrogen-bond acceptors (Lipinski definition) is 5. The maximum Gasteiger partial charge on any atom is 0.332 e. The number of carbonyl (C=O) groups is 3. The fourth-order valence-corrected chi connectivity index (χ4v) is 2.51. The highest BCUT2D eigenvalue weighted by atomic mass is 16.2. The molecule has 0 saturated heterocycles. The number of benzene rings is 2.